The highest BCUT2D eigenvalue weighted by Crippen LogP contribution is 2.19. The summed E-state index contributed by atoms with van der Waals surface area (Å²) < 4.78 is 0. The maximum atomic E-state index is 12.4. The lowest BCUT2D eigenvalue weighted by molar-refractivity contribution is -0.123. The normalized spacial score (nSPS) is 17.6. The summed E-state index contributed by atoms with van der Waals surface area (Å²) in [6.45, 7) is 1.49. The van der Waals surface area contributed by atoms with Gasteiger partial charge in [0.1, 0.15) is 0 Å². The Hall–Kier alpha value is -1.84. The van der Waals surface area contributed by atoms with Crippen LogP contribution in [0.3, 0.4) is 0 Å². The van der Waals surface area contributed by atoms with Crippen LogP contribution in [0.25, 0.3) is 0 Å². The Bertz CT molecular complexity index is 493. The minimum Gasteiger partial charge on any atom is -0.353 e. The first-order chi connectivity index (χ1) is 11.1. The molecule has 1 saturated carbocycles. The number of benzene rings is 1. The SMILES string of the molecule is CC(=O)N[C@@H](CC(=O)NC1CCCCCCC1)c1ccccc1. The van der Waals surface area contributed by atoms with Gasteiger partial charge >= 0.3 is 0 Å². The van der Waals surface area contributed by atoms with Gasteiger partial charge in [-0.1, -0.05) is 62.4 Å². The lowest BCUT2D eigenvalue weighted by Crippen LogP contribution is -2.38. The minimum atomic E-state index is -0.262. The van der Waals surface area contributed by atoms with Gasteiger partial charge in [-0.15, -0.1) is 0 Å². The molecule has 0 aliphatic heterocycles. The number of nitrogens with one attached hydrogen (secondary N) is 2. The van der Waals surface area contributed by atoms with Crippen LogP contribution in [0.2, 0.25) is 0 Å². The molecular weight excluding hydrogens is 288 g/mol. The van der Waals surface area contributed by atoms with Crippen molar-refractivity contribution in [3.05, 3.63) is 35.9 Å². The van der Waals surface area contributed by atoms with Crippen molar-refractivity contribution in [2.24, 2.45) is 0 Å². The fraction of sp³-hybridized carbons (Fsp3) is 0.579. The van der Waals surface area contributed by atoms with Gasteiger partial charge in [-0.3, -0.25) is 9.59 Å². The molecule has 0 spiro atoms. The third-order valence-corrected chi connectivity index (χ3v) is 4.44. The first-order valence-electron chi connectivity index (χ1n) is 8.76. The Kier molecular flexibility index (Phi) is 7.11. The van der Waals surface area contributed by atoms with Crippen molar-refractivity contribution >= 4 is 11.8 Å². The van der Waals surface area contributed by atoms with E-state index in [4.69, 9.17) is 0 Å². The predicted molar refractivity (Wildman–Crippen MR) is 91.9 cm³/mol. The zero-order valence-electron chi connectivity index (χ0n) is 14.0. The molecule has 1 atom stereocenters. The zero-order valence-corrected chi connectivity index (χ0v) is 14.0. The van der Waals surface area contributed by atoms with E-state index in [1.807, 2.05) is 30.3 Å². The summed E-state index contributed by atoms with van der Waals surface area (Å²) in [7, 11) is 0. The first kappa shape index (κ1) is 17.5. The molecule has 0 bridgehead atoms. The van der Waals surface area contributed by atoms with Crippen LogP contribution in [-0.2, 0) is 9.59 Å². The Balaban J connectivity index is 1.92. The van der Waals surface area contributed by atoms with Crippen molar-refractivity contribution < 1.29 is 9.59 Å². The van der Waals surface area contributed by atoms with E-state index in [0.717, 1.165) is 18.4 Å². The molecule has 0 radical (unpaired) electrons. The summed E-state index contributed by atoms with van der Waals surface area (Å²) in [4.78, 5) is 23.9. The highest BCUT2D eigenvalue weighted by molar-refractivity contribution is 5.79. The molecule has 126 valence electrons. The molecule has 2 amide bonds. The van der Waals surface area contributed by atoms with E-state index in [1.54, 1.807) is 0 Å². The Morgan fingerprint density at radius 3 is 2.26 bits per heavy atom. The van der Waals surface area contributed by atoms with Gasteiger partial charge in [0.25, 0.3) is 0 Å². The van der Waals surface area contributed by atoms with Gasteiger partial charge in [-0.2, -0.15) is 0 Å². The van der Waals surface area contributed by atoms with Crippen LogP contribution < -0.4 is 10.6 Å². The van der Waals surface area contributed by atoms with Crippen molar-refractivity contribution in [3.63, 3.8) is 0 Å². The third-order valence-electron chi connectivity index (χ3n) is 4.44. The number of carbonyl (C=O) groups is 2. The molecule has 1 fully saturated rings. The minimum absolute atomic E-state index is 0.0261. The van der Waals surface area contributed by atoms with Crippen LogP contribution >= 0.6 is 0 Å². The lowest BCUT2D eigenvalue weighted by atomic mass is 9.96. The van der Waals surface area contributed by atoms with E-state index < -0.39 is 0 Å². The van der Waals surface area contributed by atoms with Crippen LogP contribution in [0.15, 0.2) is 30.3 Å². The number of rotatable bonds is 5. The number of carbonyl (C=O) groups excluding carboxylic acids is 2. The summed E-state index contributed by atoms with van der Waals surface area (Å²) in [6.07, 6.45) is 8.68. The van der Waals surface area contributed by atoms with E-state index in [2.05, 4.69) is 10.6 Å². The van der Waals surface area contributed by atoms with Gasteiger partial charge < -0.3 is 10.6 Å². The Labute approximate surface area is 139 Å². The van der Waals surface area contributed by atoms with E-state index in [0.29, 0.717) is 6.42 Å². The molecule has 0 saturated heterocycles. The molecule has 0 heterocycles. The van der Waals surface area contributed by atoms with E-state index >= 15 is 0 Å². The third kappa shape index (κ3) is 6.43. The molecular formula is C19H28N2O2. The fourth-order valence-electron chi connectivity index (χ4n) is 3.26. The average Bonchev–Trinajstić information content (AvgIpc) is 2.49. The second-order valence-corrected chi connectivity index (χ2v) is 6.48. The molecule has 0 unspecified atom stereocenters. The smallest absolute Gasteiger partial charge is 0.222 e. The van der Waals surface area contributed by atoms with Crippen LogP contribution in [0.1, 0.15) is 69.9 Å². The maximum Gasteiger partial charge on any atom is 0.222 e. The lowest BCUT2D eigenvalue weighted by Gasteiger charge is -2.23. The van der Waals surface area contributed by atoms with Crippen LogP contribution in [0.5, 0.6) is 0 Å². The predicted octanol–water partition coefficient (Wildman–Crippen LogP) is 3.48. The molecule has 2 N–H and O–H groups in total. The van der Waals surface area contributed by atoms with Crippen LogP contribution in [0, 0.1) is 0 Å². The molecule has 4 nitrogen and oxygen atoms in total. The van der Waals surface area contributed by atoms with Gasteiger partial charge in [0.2, 0.25) is 11.8 Å². The Morgan fingerprint density at radius 1 is 1.04 bits per heavy atom. The van der Waals surface area contributed by atoms with Crippen LogP contribution in [-0.4, -0.2) is 17.9 Å². The van der Waals surface area contributed by atoms with E-state index in [1.165, 1.54) is 39.0 Å². The zero-order chi connectivity index (χ0) is 16.5. The molecule has 1 aromatic rings. The highest BCUT2D eigenvalue weighted by atomic mass is 16.2. The molecule has 23 heavy (non-hydrogen) atoms. The van der Waals surface area contributed by atoms with Gasteiger partial charge in [-0.25, -0.2) is 0 Å². The van der Waals surface area contributed by atoms with Crippen molar-refractivity contribution in [1.82, 2.24) is 10.6 Å². The summed E-state index contributed by atoms with van der Waals surface area (Å²) in [6, 6.07) is 9.71. The van der Waals surface area contributed by atoms with E-state index in [9.17, 15) is 9.59 Å². The van der Waals surface area contributed by atoms with Crippen LogP contribution in [0.4, 0.5) is 0 Å². The Morgan fingerprint density at radius 2 is 1.65 bits per heavy atom. The molecule has 1 aromatic carbocycles. The average molecular weight is 316 g/mol. The van der Waals surface area contributed by atoms with Gasteiger partial charge in [0, 0.05) is 13.0 Å². The molecule has 4 heteroatoms. The highest BCUT2D eigenvalue weighted by Gasteiger charge is 2.19. The summed E-state index contributed by atoms with van der Waals surface area (Å²) in [5.41, 5.74) is 0.968. The topological polar surface area (TPSA) is 58.2 Å². The first-order valence-corrected chi connectivity index (χ1v) is 8.76. The standard InChI is InChI=1S/C19H28N2O2/c1-15(22)20-18(16-10-6-5-7-11-16)14-19(23)21-17-12-8-3-2-4-9-13-17/h5-7,10-11,17-18H,2-4,8-9,12-14H2,1H3,(H,20,22)(H,21,23)/t18-/m0/s1. The van der Waals surface area contributed by atoms with Crippen molar-refractivity contribution in [3.8, 4) is 0 Å². The largest absolute Gasteiger partial charge is 0.353 e. The number of hydrogen-bond acceptors (Lipinski definition) is 2. The van der Waals surface area contributed by atoms with Crippen molar-refractivity contribution in [1.29, 1.82) is 0 Å². The summed E-state index contributed by atoms with van der Waals surface area (Å²) in [5.74, 6) is -0.0872. The molecule has 0 aromatic heterocycles. The maximum absolute atomic E-state index is 12.4. The van der Waals surface area contributed by atoms with Gasteiger partial charge in [0.15, 0.2) is 0 Å². The van der Waals surface area contributed by atoms with E-state index in [-0.39, 0.29) is 23.9 Å². The molecule has 1 aliphatic carbocycles. The van der Waals surface area contributed by atoms with Gasteiger partial charge in [0.05, 0.1) is 12.5 Å². The van der Waals surface area contributed by atoms with Gasteiger partial charge in [-0.05, 0) is 18.4 Å². The monoisotopic (exact) mass is 316 g/mol. The molecule has 2 rings (SSSR count). The fourth-order valence-corrected chi connectivity index (χ4v) is 3.26. The second-order valence-electron chi connectivity index (χ2n) is 6.48. The van der Waals surface area contributed by atoms with Crippen molar-refractivity contribution in [2.75, 3.05) is 0 Å². The summed E-state index contributed by atoms with van der Waals surface area (Å²) >= 11 is 0. The quantitative estimate of drug-likeness (QED) is 0.873. The number of amides is 2. The summed E-state index contributed by atoms with van der Waals surface area (Å²) in [5, 5.41) is 6.06. The second kappa shape index (κ2) is 9.33. The number of hydrogen-bond donors (Lipinski definition) is 2. The molecule has 1 aliphatic rings. The van der Waals surface area contributed by atoms with Crippen molar-refractivity contribution in [2.45, 2.75) is 70.4 Å².